The number of anilines is 1. The molecule has 4 heteroatoms. The molecule has 0 atom stereocenters. The van der Waals surface area contributed by atoms with Crippen molar-refractivity contribution in [1.29, 1.82) is 0 Å². The second-order valence-corrected chi connectivity index (χ2v) is 5.71. The largest absolute Gasteiger partial charge is 0.368 e. The van der Waals surface area contributed by atoms with Crippen molar-refractivity contribution in [1.82, 2.24) is 9.88 Å². The third kappa shape index (κ3) is 2.82. The van der Waals surface area contributed by atoms with E-state index in [1.807, 2.05) is 17.0 Å². The molecule has 1 fully saturated rings. The lowest BCUT2D eigenvalue weighted by atomic mass is 10.1. The maximum absolute atomic E-state index is 12.4. The van der Waals surface area contributed by atoms with Crippen LogP contribution >= 0.6 is 0 Å². The topological polar surface area (TPSA) is 36.4 Å². The number of piperazine rings is 1. The van der Waals surface area contributed by atoms with E-state index in [1.165, 1.54) is 16.8 Å². The molecule has 3 rings (SSSR count). The minimum atomic E-state index is 0.0289. The molecule has 0 bridgehead atoms. The van der Waals surface area contributed by atoms with Gasteiger partial charge < -0.3 is 9.80 Å². The van der Waals surface area contributed by atoms with Crippen LogP contribution in [0.4, 0.5) is 5.69 Å². The number of carbonyl (C=O) groups excluding carboxylic acids is 1. The van der Waals surface area contributed by atoms with Crippen molar-refractivity contribution in [2.45, 2.75) is 13.8 Å². The third-order valence-electron chi connectivity index (χ3n) is 4.37. The lowest BCUT2D eigenvalue weighted by molar-refractivity contribution is 0.0741. The van der Waals surface area contributed by atoms with Crippen LogP contribution < -0.4 is 4.90 Å². The number of hydrogen-bond donors (Lipinski definition) is 0. The summed E-state index contributed by atoms with van der Waals surface area (Å²) in [6.07, 6.45) is 1.67. The summed E-state index contributed by atoms with van der Waals surface area (Å²) in [5.41, 5.74) is 4.45. The monoisotopic (exact) mass is 295 g/mol. The maximum Gasteiger partial charge on any atom is 0.272 e. The Kier molecular flexibility index (Phi) is 4.09. The highest BCUT2D eigenvalue weighted by Gasteiger charge is 2.23. The van der Waals surface area contributed by atoms with Crippen molar-refractivity contribution in [2.24, 2.45) is 0 Å². The molecule has 1 aromatic heterocycles. The molecule has 1 aromatic carbocycles. The first-order chi connectivity index (χ1) is 10.7. The first-order valence-electron chi connectivity index (χ1n) is 7.68. The summed E-state index contributed by atoms with van der Waals surface area (Å²) in [5.74, 6) is 0.0289. The Morgan fingerprint density at radius 2 is 1.77 bits per heavy atom. The van der Waals surface area contributed by atoms with Crippen LogP contribution in [-0.4, -0.2) is 42.0 Å². The van der Waals surface area contributed by atoms with Crippen molar-refractivity contribution in [3.63, 3.8) is 0 Å². The molecule has 0 radical (unpaired) electrons. The predicted molar refractivity (Wildman–Crippen MR) is 88.3 cm³/mol. The second-order valence-electron chi connectivity index (χ2n) is 5.71. The number of nitrogens with zero attached hydrogens (tertiary/aromatic N) is 3. The van der Waals surface area contributed by atoms with Gasteiger partial charge in [-0.15, -0.1) is 0 Å². The fourth-order valence-electron chi connectivity index (χ4n) is 2.88. The van der Waals surface area contributed by atoms with E-state index in [-0.39, 0.29) is 5.91 Å². The van der Waals surface area contributed by atoms with Crippen molar-refractivity contribution >= 4 is 11.6 Å². The summed E-state index contributed by atoms with van der Waals surface area (Å²) in [5, 5.41) is 0. The van der Waals surface area contributed by atoms with Crippen LogP contribution in [-0.2, 0) is 0 Å². The number of aromatic nitrogens is 1. The van der Waals surface area contributed by atoms with Crippen LogP contribution in [0.2, 0.25) is 0 Å². The molecule has 0 unspecified atom stereocenters. The van der Waals surface area contributed by atoms with Gasteiger partial charge in [-0.3, -0.25) is 9.78 Å². The van der Waals surface area contributed by atoms with E-state index in [1.54, 1.807) is 12.3 Å². The molecule has 22 heavy (non-hydrogen) atoms. The highest BCUT2D eigenvalue weighted by Crippen LogP contribution is 2.24. The summed E-state index contributed by atoms with van der Waals surface area (Å²) >= 11 is 0. The average Bonchev–Trinajstić information content (AvgIpc) is 2.58. The molecule has 0 saturated carbocycles. The fourth-order valence-corrected chi connectivity index (χ4v) is 2.88. The van der Waals surface area contributed by atoms with Gasteiger partial charge in [-0.1, -0.05) is 18.2 Å². The van der Waals surface area contributed by atoms with Gasteiger partial charge in [0.25, 0.3) is 5.91 Å². The quantitative estimate of drug-likeness (QED) is 0.854. The highest BCUT2D eigenvalue weighted by atomic mass is 16.2. The van der Waals surface area contributed by atoms with Crippen molar-refractivity contribution in [2.75, 3.05) is 31.1 Å². The second kappa shape index (κ2) is 6.18. The summed E-state index contributed by atoms with van der Waals surface area (Å²) < 4.78 is 0. The lowest BCUT2D eigenvalue weighted by Gasteiger charge is -2.36. The number of aryl methyl sites for hydroxylation is 1. The Balaban J connectivity index is 1.68. The summed E-state index contributed by atoms with van der Waals surface area (Å²) in [7, 11) is 0. The standard InChI is InChI=1S/C18H21N3O/c1-14-6-5-8-17(15(14)2)20-10-12-21(13-11-20)18(22)16-7-3-4-9-19-16/h3-9H,10-13H2,1-2H3. The molecular formula is C18H21N3O. The Morgan fingerprint density at radius 1 is 1.00 bits per heavy atom. The zero-order valence-electron chi connectivity index (χ0n) is 13.1. The Hall–Kier alpha value is -2.36. The fraction of sp³-hybridized carbons (Fsp3) is 0.333. The van der Waals surface area contributed by atoms with E-state index >= 15 is 0 Å². The number of carbonyl (C=O) groups is 1. The highest BCUT2D eigenvalue weighted by molar-refractivity contribution is 5.92. The maximum atomic E-state index is 12.4. The zero-order valence-corrected chi connectivity index (χ0v) is 13.1. The van der Waals surface area contributed by atoms with Gasteiger partial charge in [0.2, 0.25) is 0 Å². The SMILES string of the molecule is Cc1cccc(N2CCN(C(=O)c3ccccn3)CC2)c1C. The normalized spacial score (nSPS) is 15.0. The van der Waals surface area contributed by atoms with Crippen LogP contribution in [0, 0.1) is 13.8 Å². The van der Waals surface area contributed by atoms with Crippen LogP contribution in [0.5, 0.6) is 0 Å². The van der Waals surface area contributed by atoms with E-state index in [9.17, 15) is 4.79 Å². The zero-order chi connectivity index (χ0) is 15.5. The molecule has 1 amide bonds. The number of benzene rings is 1. The van der Waals surface area contributed by atoms with Crippen LogP contribution in [0.1, 0.15) is 21.6 Å². The average molecular weight is 295 g/mol. The molecule has 0 N–H and O–H groups in total. The van der Waals surface area contributed by atoms with E-state index in [0.717, 1.165) is 26.2 Å². The number of rotatable bonds is 2. The summed E-state index contributed by atoms with van der Waals surface area (Å²) in [6.45, 7) is 7.51. The van der Waals surface area contributed by atoms with E-state index in [2.05, 4.69) is 41.9 Å². The molecule has 2 aromatic rings. The van der Waals surface area contributed by atoms with Gasteiger partial charge in [-0.2, -0.15) is 0 Å². The van der Waals surface area contributed by atoms with Crippen LogP contribution in [0.3, 0.4) is 0 Å². The molecule has 2 heterocycles. The lowest BCUT2D eigenvalue weighted by Crippen LogP contribution is -2.49. The van der Waals surface area contributed by atoms with Crippen LogP contribution in [0.15, 0.2) is 42.6 Å². The van der Waals surface area contributed by atoms with E-state index in [0.29, 0.717) is 5.69 Å². The smallest absolute Gasteiger partial charge is 0.272 e. The predicted octanol–water partition coefficient (Wildman–Crippen LogP) is 2.66. The van der Waals surface area contributed by atoms with Crippen molar-refractivity contribution in [3.8, 4) is 0 Å². The first-order valence-corrected chi connectivity index (χ1v) is 7.68. The van der Waals surface area contributed by atoms with Gasteiger partial charge >= 0.3 is 0 Å². The molecule has 4 nitrogen and oxygen atoms in total. The summed E-state index contributed by atoms with van der Waals surface area (Å²) in [4.78, 5) is 20.8. The third-order valence-corrected chi connectivity index (χ3v) is 4.37. The first kappa shape index (κ1) is 14.6. The molecule has 1 aliphatic heterocycles. The van der Waals surface area contributed by atoms with E-state index < -0.39 is 0 Å². The Labute approximate surface area is 131 Å². The molecule has 0 aliphatic carbocycles. The Bertz CT molecular complexity index is 661. The van der Waals surface area contributed by atoms with Gasteiger partial charge in [0.05, 0.1) is 0 Å². The van der Waals surface area contributed by atoms with Gasteiger partial charge in [0.1, 0.15) is 5.69 Å². The molecule has 1 saturated heterocycles. The van der Waals surface area contributed by atoms with Gasteiger partial charge in [0, 0.05) is 38.1 Å². The Morgan fingerprint density at radius 3 is 2.45 bits per heavy atom. The molecule has 0 spiro atoms. The van der Waals surface area contributed by atoms with Crippen molar-refractivity contribution in [3.05, 3.63) is 59.4 Å². The minimum Gasteiger partial charge on any atom is -0.368 e. The molecular weight excluding hydrogens is 274 g/mol. The van der Waals surface area contributed by atoms with Crippen molar-refractivity contribution < 1.29 is 4.79 Å². The summed E-state index contributed by atoms with van der Waals surface area (Å²) in [6, 6.07) is 11.9. The van der Waals surface area contributed by atoms with Gasteiger partial charge in [-0.25, -0.2) is 0 Å². The van der Waals surface area contributed by atoms with Gasteiger partial charge in [0.15, 0.2) is 0 Å². The van der Waals surface area contributed by atoms with Gasteiger partial charge in [-0.05, 0) is 43.2 Å². The number of pyridine rings is 1. The van der Waals surface area contributed by atoms with Crippen LogP contribution in [0.25, 0.3) is 0 Å². The molecule has 114 valence electrons. The molecule has 1 aliphatic rings. The minimum absolute atomic E-state index is 0.0289. The number of hydrogen-bond acceptors (Lipinski definition) is 3. The van der Waals surface area contributed by atoms with E-state index in [4.69, 9.17) is 0 Å². The number of amides is 1.